The van der Waals surface area contributed by atoms with Crippen molar-refractivity contribution in [3.05, 3.63) is 58.3 Å². The molecule has 0 saturated carbocycles. The molecule has 1 heterocycles. The normalized spacial score (nSPS) is 12.8. The van der Waals surface area contributed by atoms with E-state index in [4.69, 9.17) is 0 Å². The summed E-state index contributed by atoms with van der Waals surface area (Å²) in [7, 11) is 1.14. The lowest BCUT2D eigenvalue weighted by atomic mass is 10.2. The Bertz CT molecular complexity index is 642. The van der Waals surface area contributed by atoms with Crippen molar-refractivity contribution in [1.82, 2.24) is 10.2 Å². The van der Waals surface area contributed by atoms with Gasteiger partial charge in [0.25, 0.3) is 0 Å². The van der Waals surface area contributed by atoms with Gasteiger partial charge in [-0.15, -0.1) is 0 Å². The molecular weight excluding hydrogens is 338 g/mol. The highest BCUT2D eigenvalue weighted by atomic mass is 32.2. The predicted octanol–water partition coefficient (Wildman–Crippen LogP) is 3.09. The third kappa shape index (κ3) is 6.45. The molecule has 4 nitrogen and oxygen atoms in total. The minimum atomic E-state index is -0.888. The molecule has 0 spiro atoms. The van der Waals surface area contributed by atoms with E-state index in [0.29, 0.717) is 18.1 Å². The second kappa shape index (κ2) is 10.3. The molecule has 130 valence electrons. The first-order chi connectivity index (χ1) is 11.7. The predicted molar refractivity (Wildman–Crippen MR) is 105 cm³/mol. The molecule has 1 unspecified atom stereocenters. The van der Waals surface area contributed by atoms with Crippen LogP contribution < -0.4 is 5.32 Å². The van der Waals surface area contributed by atoms with E-state index in [1.807, 2.05) is 37.4 Å². The highest BCUT2D eigenvalue weighted by molar-refractivity contribution is 7.84. The molecule has 0 bridgehead atoms. The lowest BCUT2D eigenvalue weighted by Crippen LogP contribution is -2.38. The van der Waals surface area contributed by atoms with Crippen molar-refractivity contribution < 1.29 is 4.21 Å². The summed E-state index contributed by atoms with van der Waals surface area (Å²) in [5.41, 5.74) is 2.39. The minimum Gasteiger partial charge on any atom is -0.357 e. The minimum absolute atomic E-state index is 0.565. The molecular formula is C18H25N3OS2. The zero-order chi connectivity index (χ0) is 17.2. The lowest BCUT2D eigenvalue weighted by Gasteiger charge is -2.21. The maximum atomic E-state index is 12.2. The summed E-state index contributed by atoms with van der Waals surface area (Å²) in [6.45, 7) is 4.26. The fourth-order valence-electron chi connectivity index (χ4n) is 2.29. The first kappa shape index (κ1) is 18.7. The van der Waals surface area contributed by atoms with Gasteiger partial charge in [0, 0.05) is 42.4 Å². The van der Waals surface area contributed by atoms with E-state index in [1.165, 1.54) is 5.56 Å². The number of benzene rings is 1. The second-order valence-corrected chi connectivity index (χ2v) is 7.85. The van der Waals surface area contributed by atoms with Gasteiger partial charge in [-0.05, 0) is 34.9 Å². The molecule has 2 rings (SSSR count). The highest BCUT2D eigenvalue weighted by Crippen LogP contribution is 2.08. The quantitative estimate of drug-likeness (QED) is 0.579. The topological polar surface area (TPSA) is 44.7 Å². The Labute approximate surface area is 151 Å². The van der Waals surface area contributed by atoms with E-state index in [0.717, 1.165) is 24.6 Å². The maximum Gasteiger partial charge on any atom is 0.193 e. The first-order valence-electron chi connectivity index (χ1n) is 8.08. The van der Waals surface area contributed by atoms with Crippen LogP contribution in [0, 0.1) is 0 Å². The largest absolute Gasteiger partial charge is 0.357 e. The van der Waals surface area contributed by atoms with Gasteiger partial charge in [0.2, 0.25) is 0 Å². The SMILES string of the molecule is CCNC(=NCCS(=O)Cc1ccccc1)N(C)Cc1ccsc1. The van der Waals surface area contributed by atoms with Crippen LogP contribution in [-0.2, 0) is 23.1 Å². The summed E-state index contributed by atoms with van der Waals surface area (Å²) in [5.74, 6) is 2.04. The number of rotatable bonds is 8. The average molecular weight is 364 g/mol. The molecule has 1 atom stereocenters. The van der Waals surface area contributed by atoms with E-state index >= 15 is 0 Å². The smallest absolute Gasteiger partial charge is 0.193 e. The van der Waals surface area contributed by atoms with Crippen LogP contribution in [0.2, 0.25) is 0 Å². The van der Waals surface area contributed by atoms with Crippen molar-refractivity contribution >= 4 is 28.1 Å². The van der Waals surface area contributed by atoms with Crippen LogP contribution in [0.4, 0.5) is 0 Å². The third-order valence-electron chi connectivity index (χ3n) is 3.45. The van der Waals surface area contributed by atoms with E-state index < -0.39 is 10.8 Å². The Morgan fingerprint density at radius 3 is 2.71 bits per heavy atom. The van der Waals surface area contributed by atoms with Crippen LogP contribution in [0.3, 0.4) is 0 Å². The Balaban J connectivity index is 1.84. The zero-order valence-corrected chi connectivity index (χ0v) is 15.9. The maximum absolute atomic E-state index is 12.2. The summed E-state index contributed by atoms with van der Waals surface area (Å²) in [5, 5.41) is 7.53. The Morgan fingerprint density at radius 1 is 1.25 bits per heavy atom. The zero-order valence-electron chi connectivity index (χ0n) is 14.3. The van der Waals surface area contributed by atoms with Gasteiger partial charge in [-0.25, -0.2) is 0 Å². The van der Waals surface area contributed by atoms with Gasteiger partial charge >= 0.3 is 0 Å². The van der Waals surface area contributed by atoms with E-state index in [-0.39, 0.29) is 0 Å². The number of nitrogens with zero attached hydrogens (tertiary/aromatic N) is 2. The molecule has 24 heavy (non-hydrogen) atoms. The highest BCUT2D eigenvalue weighted by Gasteiger charge is 2.07. The summed E-state index contributed by atoms with van der Waals surface area (Å²) in [6.07, 6.45) is 0. The van der Waals surface area contributed by atoms with Crippen LogP contribution >= 0.6 is 11.3 Å². The number of hydrogen-bond donors (Lipinski definition) is 1. The molecule has 0 aliphatic carbocycles. The number of nitrogens with one attached hydrogen (secondary N) is 1. The van der Waals surface area contributed by atoms with Crippen LogP contribution in [0.15, 0.2) is 52.2 Å². The first-order valence-corrected chi connectivity index (χ1v) is 10.5. The molecule has 0 aliphatic heterocycles. The van der Waals surface area contributed by atoms with Crippen LogP contribution in [0.25, 0.3) is 0 Å². The molecule has 6 heteroatoms. The number of aliphatic imine (C=N–C) groups is 1. The Morgan fingerprint density at radius 2 is 2.04 bits per heavy atom. The van der Waals surface area contributed by atoms with Crippen LogP contribution in [0.1, 0.15) is 18.1 Å². The van der Waals surface area contributed by atoms with Gasteiger partial charge in [-0.3, -0.25) is 9.20 Å². The van der Waals surface area contributed by atoms with Crippen LogP contribution in [-0.4, -0.2) is 41.0 Å². The van der Waals surface area contributed by atoms with Crippen LogP contribution in [0.5, 0.6) is 0 Å². The van der Waals surface area contributed by atoms with Gasteiger partial charge in [0.05, 0.1) is 6.54 Å². The fraction of sp³-hybridized carbons (Fsp3) is 0.389. The average Bonchev–Trinajstić information content (AvgIpc) is 3.08. The number of hydrogen-bond acceptors (Lipinski definition) is 3. The molecule has 0 aliphatic rings. The van der Waals surface area contributed by atoms with Gasteiger partial charge in [0.15, 0.2) is 5.96 Å². The van der Waals surface area contributed by atoms with Gasteiger partial charge < -0.3 is 10.2 Å². The summed E-state index contributed by atoms with van der Waals surface area (Å²) < 4.78 is 12.2. The van der Waals surface area contributed by atoms with E-state index in [2.05, 4.69) is 39.0 Å². The van der Waals surface area contributed by atoms with Crippen molar-refractivity contribution in [2.45, 2.75) is 19.2 Å². The molecule has 2 aromatic rings. The fourth-order valence-corrected chi connectivity index (χ4v) is 3.95. The molecule has 0 fully saturated rings. The molecule has 0 saturated heterocycles. The van der Waals surface area contributed by atoms with Gasteiger partial charge in [-0.1, -0.05) is 30.3 Å². The van der Waals surface area contributed by atoms with Crippen molar-refractivity contribution in [1.29, 1.82) is 0 Å². The second-order valence-electron chi connectivity index (χ2n) is 5.50. The van der Waals surface area contributed by atoms with Crippen molar-refractivity contribution in [2.75, 3.05) is 25.9 Å². The summed E-state index contributed by atoms with van der Waals surface area (Å²) in [4.78, 5) is 6.72. The standard InChI is InChI=1S/C18H25N3OS2/c1-3-19-18(21(2)13-17-9-11-23-14-17)20-10-12-24(22)15-16-7-5-4-6-8-16/h4-9,11,14H,3,10,12-13,15H2,1-2H3,(H,19,20). The molecule has 0 radical (unpaired) electrons. The van der Waals surface area contributed by atoms with Crippen molar-refractivity contribution in [3.63, 3.8) is 0 Å². The van der Waals surface area contributed by atoms with Crippen molar-refractivity contribution in [2.24, 2.45) is 4.99 Å². The molecule has 1 N–H and O–H groups in total. The van der Waals surface area contributed by atoms with E-state index in [9.17, 15) is 4.21 Å². The van der Waals surface area contributed by atoms with Gasteiger partial charge in [0.1, 0.15) is 0 Å². The number of thiophene rings is 1. The summed E-state index contributed by atoms with van der Waals surface area (Å²) >= 11 is 1.70. The monoisotopic (exact) mass is 363 g/mol. The van der Waals surface area contributed by atoms with E-state index in [1.54, 1.807) is 11.3 Å². The lowest BCUT2D eigenvalue weighted by molar-refractivity contribution is 0.478. The number of guanidine groups is 1. The van der Waals surface area contributed by atoms with Gasteiger partial charge in [-0.2, -0.15) is 11.3 Å². The molecule has 1 aromatic heterocycles. The van der Waals surface area contributed by atoms with Crippen molar-refractivity contribution in [3.8, 4) is 0 Å². The molecule has 1 aromatic carbocycles. The Hall–Kier alpha value is -1.66. The third-order valence-corrected chi connectivity index (χ3v) is 5.47. The summed E-state index contributed by atoms with van der Waals surface area (Å²) in [6, 6.07) is 12.1. The Kier molecular flexibility index (Phi) is 7.98. The molecule has 0 amide bonds.